The molecule has 2 aromatic rings. The van der Waals surface area contributed by atoms with E-state index in [9.17, 15) is 44.3 Å². The molecule has 2 rings (SSSR count). The Labute approximate surface area is 175 Å². The lowest BCUT2D eigenvalue weighted by molar-refractivity contribution is -0.242. The van der Waals surface area contributed by atoms with E-state index in [2.05, 4.69) is 0 Å². The molecule has 1 atom stereocenters. The Hall–Kier alpha value is -2.51. The second-order valence-electron chi connectivity index (χ2n) is 6.54. The van der Waals surface area contributed by atoms with Crippen molar-refractivity contribution < 1.29 is 44.3 Å². The molecule has 0 fully saturated rings. The zero-order valence-corrected chi connectivity index (χ0v) is 17.7. The van der Waals surface area contributed by atoms with E-state index in [0.717, 1.165) is 36.4 Å². The Morgan fingerprint density at radius 2 is 1.45 bits per heavy atom. The number of anilines is 1. The fourth-order valence-electron chi connectivity index (χ4n) is 2.27. The highest BCUT2D eigenvalue weighted by atomic mass is 32.2. The highest BCUT2D eigenvalue weighted by molar-refractivity contribution is 7.92. The average molecular weight is 483 g/mol. The molecule has 0 saturated heterocycles. The van der Waals surface area contributed by atoms with Crippen LogP contribution >= 0.6 is 0 Å². The third-order valence-corrected chi connectivity index (χ3v) is 7.88. The first-order valence-corrected chi connectivity index (χ1v) is 11.7. The summed E-state index contributed by atoms with van der Waals surface area (Å²) in [6, 6.07) is 6.24. The van der Waals surface area contributed by atoms with Gasteiger partial charge in [-0.25, -0.2) is 21.2 Å². The highest BCUT2D eigenvalue weighted by Crippen LogP contribution is 2.32. The van der Waals surface area contributed by atoms with Crippen molar-refractivity contribution in [3.63, 3.8) is 0 Å². The highest BCUT2D eigenvalue weighted by Gasteiger charge is 2.55. The summed E-state index contributed by atoms with van der Waals surface area (Å²) in [6.45, 7) is 1.60. The van der Waals surface area contributed by atoms with E-state index in [-0.39, 0.29) is 22.5 Å². The largest absolute Gasteiger partial charge is 0.426 e. The molecule has 0 saturated carbocycles. The van der Waals surface area contributed by atoms with Gasteiger partial charge in [-0.3, -0.25) is 4.79 Å². The number of nitrogens with one attached hydrogen (secondary N) is 1. The van der Waals surface area contributed by atoms with E-state index in [1.165, 1.54) is 6.92 Å². The molecule has 0 bridgehead atoms. The van der Waals surface area contributed by atoms with Crippen LogP contribution in [0.5, 0.6) is 0 Å². The Morgan fingerprint density at radius 3 is 1.90 bits per heavy atom. The summed E-state index contributed by atoms with van der Waals surface area (Å²) in [5.74, 6) is -3.52. The van der Waals surface area contributed by atoms with Crippen molar-refractivity contribution >= 4 is 31.3 Å². The van der Waals surface area contributed by atoms with Crippen LogP contribution in [0.25, 0.3) is 0 Å². The SMILES string of the molecule is CCS(=O)(=O)c1ccc(S(=O)(=O)c2ccc(NC(=O)[C@@](C)(O)C(F)(F)F)c(F)c2)cc1. The van der Waals surface area contributed by atoms with Gasteiger partial charge in [-0.05, 0) is 49.4 Å². The van der Waals surface area contributed by atoms with E-state index in [1.807, 2.05) is 0 Å². The molecule has 2 aromatic carbocycles. The molecule has 0 radical (unpaired) electrons. The number of hydrogen-bond donors (Lipinski definition) is 2. The van der Waals surface area contributed by atoms with E-state index in [0.29, 0.717) is 6.07 Å². The van der Waals surface area contributed by atoms with E-state index in [4.69, 9.17) is 0 Å². The van der Waals surface area contributed by atoms with Gasteiger partial charge in [0, 0.05) is 0 Å². The van der Waals surface area contributed by atoms with Gasteiger partial charge < -0.3 is 10.4 Å². The summed E-state index contributed by atoms with van der Waals surface area (Å²) >= 11 is 0. The lowest BCUT2D eigenvalue weighted by atomic mass is 10.1. The predicted octanol–water partition coefficient (Wildman–Crippen LogP) is 2.70. The van der Waals surface area contributed by atoms with Gasteiger partial charge in [0.15, 0.2) is 9.84 Å². The maximum Gasteiger partial charge on any atom is 0.426 e. The number of halogens is 4. The average Bonchev–Trinajstić information content (AvgIpc) is 2.68. The van der Waals surface area contributed by atoms with Crippen molar-refractivity contribution in [2.75, 3.05) is 11.1 Å². The summed E-state index contributed by atoms with van der Waals surface area (Å²) in [4.78, 5) is 10.6. The maximum absolute atomic E-state index is 14.3. The molecular weight excluding hydrogens is 466 g/mol. The topological polar surface area (TPSA) is 118 Å². The van der Waals surface area contributed by atoms with Crippen LogP contribution in [0.1, 0.15) is 13.8 Å². The van der Waals surface area contributed by atoms with Crippen molar-refractivity contribution in [1.29, 1.82) is 0 Å². The van der Waals surface area contributed by atoms with Crippen molar-refractivity contribution in [2.45, 2.75) is 40.3 Å². The summed E-state index contributed by atoms with van der Waals surface area (Å²) in [7, 11) is -7.87. The number of aliphatic hydroxyl groups is 1. The van der Waals surface area contributed by atoms with Crippen molar-refractivity contribution in [1.82, 2.24) is 0 Å². The number of amides is 1. The summed E-state index contributed by atoms with van der Waals surface area (Å²) in [6.07, 6.45) is -5.33. The van der Waals surface area contributed by atoms with Gasteiger partial charge >= 0.3 is 6.18 Å². The molecule has 7 nitrogen and oxygen atoms in total. The second kappa shape index (κ2) is 8.20. The van der Waals surface area contributed by atoms with Crippen LogP contribution in [-0.2, 0) is 24.5 Å². The molecule has 0 aliphatic carbocycles. The van der Waals surface area contributed by atoms with Crippen LogP contribution in [0, 0.1) is 5.82 Å². The van der Waals surface area contributed by atoms with Crippen LogP contribution in [-0.4, -0.2) is 45.4 Å². The third kappa shape index (κ3) is 4.88. The van der Waals surface area contributed by atoms with Crippen molar-refractivity contribution in [2.24, 2.45) is 0 Å². The molecular formula is C18H17F4NO6S2. The molecule has 0 heterocycles. The van der Waals surface area contributed by atoms with Crippen molar-refractivity contribution in [3.8, 4) is 0 Å². The summed E-state index contributed by atoms with van der Waals surface area (Å²) in [5, 5.41) is 10.9. The van der Waals surface area contributed by atoms with E-state index < -0.39 is 53.8 Å². The normalized spacial score (nSPS) is 14.7. The van der Waals surface area contributed by atoms with Crippen LogP contribution in [0.3, 0.4) is 0 Å². The molecule has 13 heteroatoms. The van der Waals surface area contributed by atoms with Crippen LogP contribution < -0.4 is 5.32 Å². The standard InChI is InChI=1S/C18H17F4NO6S2/c1-3-30(26,27)11-4-6-12(7-5-11)31(28,29)13-8-9-15(14(19)10-13)23-16(24)17(2,25)18(20,21)22/h4-10,25H,3H2,1-2H3,(H,23,24)/t17-/m1/s1. The fourth-order valence-corrected chi connectivity index (χ4v) is 4.42. The number of carbonyl (C=O) groups excluding carboxylic acids is 1. The zero-order chi connectivity index (χ0) is 23.8. The van der Waals surface area contributed by atoms with Gasteiger partial charge in [-0.1, -0.05) is 6.92 Å². The Balaban J connectivity index is 2.35. The molecule has 0 aromatic heterocycles. The Morgan fingerprint density at radius 1 is 0.968 bits per heavy atom. The van der Waals surface area contributed by atoms with Crippen LogP contribution in [0.15, 0.2) is 57.2 Å². The first-order chi connectivity index (χ1) is 14.0. The van der Waals surface area contributed by atoms with Gasteiger partial charge in [0.25, 0.3) is 5.91 Å². The molecule has 0 spiro atoms. The molecule has 31 heavy (non-hydrogen) atoms. The summed E-state index contributed by atoms with van der Waals surface area (Å²) < 4.78 is 101. The van der Waals surface area contributed by atoms with Crippen LogP contribution in [0.4, 0.5) is 23.2 Å². The number of carbonyl (C=O) groups is 1. The van der Waals surface area contributed by atoms with Gasteiger partial charge in [0.05, 0.1) is 26.1 Å². The molecule has 170 valence electrons. The smallest absolute Gasteiger partial charge is 0.373 e. The van der Waals surface area contributed by atoms with E-state index in [1.54, 1.807) is 5.32 Å². The van der Waals surface area contributed by atoms with Gasteiger partial charge in [-0.15, -0.1) is 0 Å². The summed E-state index contributed by atoms with van der Waals surface area (Å²) in [5.41, 5.74) is -4.58. The molecule has 0 aliphatic heterocycles. The lowest BCUT2D eigenvalue weighted by Crippen LogP contribution is -2.52. The van der Waals surface area contributed by atoms with Gasteiger partial charge in [0.1, 0.15) is 5.82 Å². The fraction of sp³-hybridized carbons (Fsp3) is 0.278. The first kappa shape index (κ1) is 24.8. The molecule has 2 N–H and O–H groups in total. The van der Waals surface area contributed by atoms with Crippen LogP contribution in [0.2, 0.25) is 0 Å². The number of hydrogen-bond acceptors (Lipinski definition) is 6. The Bertz CT molecular complexity index is 1200. The lowest BCUT2D eigenvalue weighted by Gasteiger charge is -2.25. The Kier molecular flexibility index (Phi) is 6.55. The maximum atomic E-state index is 14.3. The predicted molar refractivity (Wildman–Crippen MR) is 101 cm³/mol. The van der Waals surface area contributed by atoms with E-state index >= 15 is 0 Å². The van der Waals surface area contributed by atoms with Gasteiger partial charge in [-0.2, -0.15) is 13.2 Å². The number of benzene rings is 2. The molecule has 0 aliphatic rings. The minimum atomic E-state index is -5.33. The van der Waals surface area contributed by atoms with Gasteiger partial charge in [0.2, 0.25) is 15.4 Å². The second-order valence-corrected chi connectivity index (χ2v) is 10.8. The quantitative estimate of drug-likeness (QED) is 0.610. The first-order valence-electron chi connectivity index (χ1n) is 8.52. The minimum Gasteiger partial charge on any atom is -0.373 e. The number of alkyl halides is 3. The zero-order valence-electron chi connectivity index (χ0n) is 16.1. The monoisotopic (exact) mass is 483 g/mol. The molecule has 1 amide bonds. The molecule has 0 unspecified atom stereocenters. The number of rotatable bonds is 6. The number of sulfone groups is 2. The van der Waals surface area contributed by atoms with Crippen molar-refractivity contribution in [3.05, 3.63) is 48.3 Å². The third-order valence-electron chi connectivity index (χ3n) is 4.37. The minimum absolute atomic E-state index is 0.102.